The molecule has 1 aliphatic carbocycles. The quantitative estimate of drug-likeness (QED) is 0.944. The van der Waals surface area contributed by atoms with Gasteiger partial charge in [-0.1, -0.05) is 17.7 Å². The number of nitrogens with zero attached hydrogens (tertiary/aromatic N) is 2. The molecular formula is C15H16ClN3O. The Bertz CT molecular complexity index is 709. The summed E-state index contributed by atoms with van der Waals surface area (Å²) in [6.45, 7) is 0.427. The minimum atomic E-state index is 0.0124. The van der Waals surface area contributed by atoms with E-state index in [0.29, 0.717) is 11.6 Å². The predicted molar refractivity (Wildman–Crippen MR) is 80.6 cm³/mol. The number of aromatic nitrogens is 2. The van der Waals surface area contributed by atoms with Crippen molar-refractivity contribution in [2.75, 3.05) is 12.4 Å². The van der Waals surface area contributed by atoms with Crippen LogP contribution in [0.1, 0.15) is 23.4 Å². The van der Waals surface area contributed by atoms with E-state index >= 15 is 0 Å². The van der Waals surface area contributed by atoms with Crippen LogP contribution in [0.3, 0.4) is 0 Å². The molecule has 2 aromatic heterocycles. The first-order valence-electron chi connectivity index (χ1n) is 6.74. The summed E-state index contributed by atoms with van der Waals surface area (Å²) in [7, 11) is 1.81. The number of aryl methyl sites for hydroxylation is 1. The van der Waals surface area contributed by atoms with Crippen molar-refractivity contribution in [3.05, 3.63) is 56.6 Å². The molecule has 0 unspecified atom stereocenters. The molecule has 4 nitrogen and oxygen atoms in total. The molecule has 0 aromatic carbocycles. The van der Waals surface area contributed by atoms with Crippen molar-refractivity contribution < 1.29 is 0 Å². The molecule has 0 fully saturated rings. The number of fused-ring (bicyclic) bond motifs is 1. The van der Waals surface area contributed by atoms with Gasteiger partial charge < -0.3 is 9.88 Å². The maximum atomic E-state index is 12.1. The van der Waals surface area contributed by atoms with Crippen LogP contribution in [-0.4, -0.2) is 16.6 Å². The zero-order chi connectivity index (χ0) is 14.1. The highest BCUT2D eigenvalue weighted by Crippen LogP contribution is 2.22. The summed E-state index contributed by atoms with van der Waals surface area (Å²) in [5.41, 5.74) is 3.13. The van der Waals surface area contributed by atoms with Gasteiger partial charge in [0.05, 0.1) is 17.3 Å². The van der Waals surface area contributed by atoms with Crippen molar-refractivity contribution in [2.24, 2.45) is 0 Å². The number of nitrogens with one attached hydrogen (secondary N) is 1. The highest BCUT2D eigenvalue weighted by molar-refractivity contribution is 6.31. The fourth-order valence-electron chi connectivity index (χ4n) is 2.69. The minimum Gasteiger partial charge on any atom is -0.373 e. The molecule has 0 saturated carbocycles. The molecule has 0 aliphatic heterocycles. The zero-order valence-corrected chi connectivity index (χ0v) is 12.1. The Morgan fingerprint density at radius 3 is 2.95 bits per heavy atom. The Morgan fingerprint density at radius 2 is 2.15 bits per heavy atom. The molecule has 1 aliphatic rings. The van der Waals surface area contributed by atoms with Gasteiger partial charge in [-0.3, -0.25) is 4.79 Å². The average Bonchev–Trinajstić information content (AvgIpc) is 2.92. The van der Waals surface area contributed by atoms with Crippen LogP contribution in [0.25, 0.3) is 0 Å². The van der Waals surface area contributed by atoms with E-state index in [1.54, 1.807) is 10.6 Å². The summed E-state index contributed by atoms with van der Waals surface area (Å²) in [6.07, 6.45) is 3.11. The highest BCUT2D eigenvalue weighted by atomic mass is 35.5. The molecule has 0 bridgehead atoms. The van der Waals surface area contributed by atoms with Gasteiger partial charge in [-0.25, -0.2) is 4.98 Å². The lowest BCUT2D eigenvalue weighted by Gasteiger charge is -2.13. The predicted octanol–water partition coefficient (Wildman–Crippen LogP) is 2.48. The number of pyridine rings is 2. The first-order chi connectivity index (χ1) is 9.69. The fraction of sp³-hybridized carbons (Fsp3) is 0.333. The van der Waals surface area contributed by atoms with Crippen LogP contribution in [0.5, 0.6) is 0 Å². The van der Waals surface area contributed by atoms with Crippen LogP contribution < -0.4 is 10.9 Å². The molecule has 3 rings (SSSR count). The van der Waals surface area contributed by atoms with Gasteiger partial charge in [0.2, 0.25) is 0 Å². The molecule has 20 heavy (non-hydrogen) atoms. The van der Waals surface area contributed by atoms with Gasteiger partial charge in [-0.05, 0) is 37.0 Å². The third-order valence-electron chi connectivity index (χ3n) is 3.73. The first-order valence-corrected chi connectivity index (χ1v) is 7.11. The van der Waals surface area contributed by atoms with Crippen molar-refractivity contribution in [1.29, 1.82) is 0 Å². The van der Waals surface area contributed by atoms with E-state index in [-0.39, 0.29) is 5.56 Å². The molecule has 2 heterocycles. The molecule has 0 radical (unpaired) electrons. The third-order valence-corrected chi connectivity index (χ3v) is 4.08. The van der Waals surface area contributed by atoms with E-state index in [9.17, 15) is 4.79 Å². The molecule has 0 atom stereocenters. The SMILES string of the molecule is CNc1ccc(Cl)c(Cn2c3c(ccc2=O)CCC3)n1. The lowest BCUT2D eigenvalue weighted by molar-refractivity contribution is 0.694. The van der Waals surface area contributed by atoms with E-state index in [1.165, 1.54) is 5.56 Å². The Balaban J connectivity index is 2.04. The molecule has 0 amide bonds. The van der Waals surface area contributed by atoms with E-state index < -0.39 is 0 Å². The van der Waals surface area contributed by atoms with E-state index in [0.717, 1.165) is 36.5 Å². The van der Waals surface area contributed by atoms with E-state index in [1.807, 2.05) is 25.2 Å². The summed E-state index contributed by atoms with van der Waals surface area (Å²) in [6, 6.07) is 7.22. The van der Waals surface area contributed by atoms with Gasteiger partial charge >= 0.3 is 0 Å². The zero-order valence-electron chi connectivity index (χ0n) is 11.3. The molecule has 104 valence electrons. The topological polar surface area (TPSA) is 46.9 Å². The third kappa shape index (κ3) is 2.31. The normalized spacial score (nSPS) is 13.3. The minimum absolute atomic E-state index is 0.0124. The van der Waals surface area contributed by atoms with Gasteiger partial charge in [0.1, 0.15) is 5.82 Å². The maximum Gasteiger partial charge on any atom is 0.251 e. The number of hydrogen-bond donors (Lipinski definition) is 1. The van der Waals surface area contributed by atoms with E-state index in [4.69, 9.17) is 11.6 Å². The summed E-state index contributed by atoms with van der Waals surface area (Å²) in [4.78, 5) is 16.6. The van der Waals surface area contributed by atoms with Crippen LogP contribution in [0, 0.1) is 0 Å². The van der Waals surface area contributed by atoms with Gasteiger partial charge in [-0.15, -0.1) is 0 Å². The standard InChI is InChI=1S/C15H16ClN3O/c1-17-14-7-6-11(16)12(18-14)9-19-13-4-2-3-10(13)5-8-15(19)20/h5-8H,2-4,9H2,1H3,(H,17,18). The summed E-state index contributed by atoms with van der Waals surface area (Å²) in [5, 5.41) is 3.58. The lowest BCUT2D eigenvalue weighted by atomic mass is 10.2. The Hall–Kier alpha value is -1.81. The van der Waals surface area contributed by atoms with Crippen molar-refractivity contribution in [1.82, 2.24) is 9.55 Å². The molecular weight excluding hydrogens is 274 g/mol. The van der Waals surface area contributed by atoms with Crippen molar-refractivity contribution in [3.63, 3.8) is 0 Å². The molecule has 0 saturated heterocycles. The molecule has 2 aromatic rings. The number of anilines is 1. The van der Waals surface area contributed by atoms with E-state index in [2.05, 4.69) is 10.3 Å². The van der Waals surface area contributed by atoms with Crippen molar-refractivity contribution in [3.8, 4) is 0 Å². The lowest BCUT2D eigenvalue weighted by Crippen LogP contribution is -2.24. The Labute approximate surface area is 122 Å². The second kappa shape index (κ2) is 5.29. The Kier molecular flexibility index (Phi) is 3.49. The highest BCUT2D eigenvalue weighted by Gasteiger charge is 2.17. The second-order valence-corrected chi connectivity index (χ2v) is 5.37. The molecule has 0 spiro atoms. The average molecular weight is 290 g/mol. The van der Waals surface area contributed by atoms with Crippen LogP contribution >= 0.6 is 11.6 Å². The second-order valence-electron chi connectivity index (χ2n) is 4.96. The summed E-state index contributed by atoms with van der Waals surface area (Å²) < 4.78 is 1.80. The smallest absolute Gasteiger partial charge is 0.251 e. The van der Waals surface area contributed by atoms with Gasteiger partial charge in [0.15, 0.2) is 0 Å². The van der Waals surface area contributed by atoms with Crippen LogP contribution in [0.4, 0.5) is 5.82 Å². The van der Waals surface area contributed by atoms with Crippen LogP contribution in [0.15, 0.2) is 29.1 Å². The van der Waals surface area contributed by atoms with Crippen molar-refractivity contribution >= 4 is 17.4 Å². The Morgan fingerprint density at radius 1 is 1.30 bits per heavy atom. The van der Waals surface area contributed by atoms with Crippen molar-refractivity contribution in [2.45, 2.75) is 25.8 Å². The van der Waals surface area contributed by atoms with Gasteiger partial charge in [0.25, 0.3) is 5.56 Å². The first kappa shape index (κ1) is 13.2. The number of hydrogen-bond acceptors (Lipinski definition) is 3. The van der Waals surface area contributed by atoms with Crippen LogP contribution in [0.2, 0.25) is 5.02 Å². The molecule has 5 heteroatoms. The van der Waals surface area contributed by atoms with Gasteiger partial charge in [-0.2, -0.15) is 0 Å². The molecule has 1 N–H and O–H groups in total. The number of rotatable bonds is 3. The fourth-order valence-corrected chi connectivity index (χ4v) is 2.86. The summed E-state index contributed by atoms with van der Waals surface area (Å²) in [5.74, 6) is 0.755. The maximum absolute atomic E-state index is 12.1. The van der Waals surface area contributed by atoms with Crippen LogP contribution in [-0.2, 0) is 19.4 Å². The summed E-state index contributed by atoms with van der Waals surface area (Å²) >= 11 is 6.20. The largest absolute Gasteiger partial charge is 0.373 e. The monoisotopic (exact) mass is 289 g/mol. The van der Waals surface area contributed by atoms with Gasteiger partial charge in [0, 0.05) is 18.8 Å². The number of halogens is 1.